The number of hydrogen-bond donors (Lipinski definition) is 3. The van der Waals surface area contributed by atoms with Crippen molar-refractivity contribution in [2.45, 2.75) is 20.3 Å². The maximum absolute atomic E-state index is 10.4. The predicted octanol–water partition coefficient (Wildman–Crippen LogP) is 2.57. The van der Waals surface area contributed by atoms with Crippen molar-refractivity contribution in [2.24, 2.45) is 0 Å². The number of rotatable bonds is 6. The summed E-state index contributed by atoms with van der Waals surface area (Å²) in [6.07, 6.45) is 1.49. The highest BCUT2D eigenvalue weighted by molar-refractivity contribution is 5.91. The number of aryl methyl sites for hydroxylation is 2. The van der Waals surface area contributed by atoms with Gasteiger partial charge in [0.15, 0.2) is 0 Å². The molecule has 6 heteroatoms. The van der Waals surface area contributed by atoms with Crippen LogP contribution in [0.25, 0.3) is 22.3 Å². The third-order valence-electron chi connectivity index (χ3n) is 4.12. The molecule has 2 aromatic heterocycles. The van der Waals surface area contributed by atoms with Crippen molar-refractivity contribution in [3.05, 3.63) is 41.2 Å². The number of para-hydroxylation sites is 1. The zero-order chi connectivity index (χ0) is 17.1. The summed E-state index contributed by atoms with van der Waals surface area (Å²) in [4.78, 5) is 23.2. The second kappa shape index (κ2) is 6.70. The lowest BCUT2D eigenvalue weighted by atomic mass is 10.1. The van der Waals surface area contributed by atoms with Gasteiger partial charge in [0.1, 0.15) is 11.3 Å². The van der Waals surface area contributed by atoms with Gasteiger partial charge in [-0.25, -0.2) is 9.97 Å². The highest BCUT2D eigenvalue weighted by Gasteiger charge is 2.12. The fourth-order valence-electron chi connectivity index (χ4n) is 2.88. The Labute approximate surface area is 140 Å². The highest BCUT2D eigenvalue weighted by atomic mass is 16.1. The molecule has 0 aliphatic carbocycles. The molecule has 124 valence electrons. The van der Waals surface area contributed by atoms with Crippen LogP contribution in [0.5, 0.6) is 0 Å². The number of aromatic nitrogens is 3. The van der Waals surface area contributed by atoms with Gasteiger partial charge < -0.3 is 15.6 Å². The maximum Gasteiger partial charge on any atom is 0.207 e. The standard InChI is InChI=1S/C18H21N5O/c1-11-9-16(22-14(11)7-8-20-10-24)13-5-4-6-15-17(13)23-18(19-3)12(2)21-15/h4-6,9-10,22H,7-8H2,1-3H3,(H,19,23)(H,20,24). The smallest absolute Gasteiger partial charge is 0.207 e. The molecule has 0 spiro atoms. The fourth-order valence-corrected chi connectivity index (χ4v) is 2.88. The molecule has 3 rings (SSSR count). The van der Waals surface area contributed by atoms with Crippen LogP contribution in [0.15, 0.2) is 24.3 Å². The number of carbonyl (C=O) groups is 1. The SMILES string of the molecule is CNc1nc2c(-c3cc(C)c(CCNC=O)[nH]3)cccc2nc1C. The number of fused-ring (bicyclic) bond motifs is 1. The molecule has 0 aliphatic heterocycles. The van der Waals surface area contributed by atoms with E-state index in [0.717, 1.165) is 52.3 Å². The Kier molecular flexibility index (Phi) is 4.46. The summed E-state index contributed by atoms with van der Waals surface area (Å²) in [5, 5.41) is 5.78. The number of carbonyl (C=O) groups excluding carboxylic acids is 1. The van der Waals surface area contributed by atoms with Gasteiger partial charge in [-0.1, -0.05) is 12.1 Å². The molecule has 0 unspecified atom stereocenters. The first-order valence-corrected chi connectivity index (χ1v) is 7.95. The van der Waals surface area contributed by atoms with Gasteiger partial charge in [-0.15, -0.1) is 0 Å². The number of H-pyrrole nitrogens is 1. The average Bonchev–Trinajstić information content (AvgIpc) is 2.94. The van der Waals surface area contributed by atoms with Crippen LogP contribution in [0.4, 0.5) is 5.82 Å². The number of nitrogens with one attached hydrogen (secondary N) is 3. The molecule has 2 heterocycles. The number of benzene rings is 1. The van der Waals surface area contributed by atoms with Crippen LogP contribution >= 0.6 is 0 Å². The molecule has 0 saturated heterocycles. The molecular formula is C18H21N5O. The summed E-state index contributed by atoms with van der Waals surface area (Å²) in [5.74, 6) is 0.786. The molecule has 0 saturated carbocycles. The Hall–Kier alpha value is -2.89. The molecule has 0 atom stereocenters. The van der Waals surface area contributed by atoms with Gasteiger partial charge in [0.05, 0.1) is 11.2 Å². The second-order valence-electron chi connectivity index (χ2n) is 5.75. The van der Waals surface area contributed by atoms with Crippen LogP contribution < -0.4 is 10.6 Å². The van der Waals surface area contributed by atoms with Crippen LogP contribution in [0, 0.1) is 13.8 Å². The fraction of sp³-hybridized carbons (Fsp3) is 0.278. The van der Waals surface area contributed by atoms with Crippen LogP contribution in [-0.2, 0) is 11.2 Å². The van der Waals surface area contributed by atoms with E-state index in [1.807, 2.05) is 32.2 Å². The molecule has 0 bridgehead atoms. The van der Waals surface area contributed by atoms with Crippen molar-refractivity contribution in [1.82, 2.24) is 20.3 Å². The molecule has 24 heavy (non-hydrogen) atoms. The minimum absolute atomic E-state index is 0.614. The van der Waals surface area contributed by atoms with E-state index in [-0.39, 0.29) is 0 Å². The van der Waals surface area contributed by atoms with E-state index in [0.29, 0.717) is 6.54 Å². The molecule has 1 aromatic carbocycles. The molecule has 0 fully saturated rings. The predicted molar refractivity (Wildman–Crippen MR) is 96.1 cm³/mol. The van der Waals surface area contributed by atoms with Gasteiger partial charge in [0.25, 0.3) is 0 Å². The first-order chi connectivity index (χ1) is 11.6. The number of amides is 1. The van der Waals surface area contributed by atoms with E-state index in [1.165, 1.54) is 5.56 Å². The van der Waals surface area contributed by atoms with E-state index < -0.39 is 0 Å². The normalized spacial score (nSPS) is 10.8. The van der Waals surface area contributed by atoms with E-state index in [1.54, 1.807) is 0 Å². The summed E-state index contributed by atoms with van der Waals surface area (Å²) < 4.78 is 0. The van der Waals surface area contributed by atoms with Gasteiger partial charge in [0, 0.05) is 37.0 Å². The van der Waals surface area contributed by atoms with Gasteiger partial charge in [-0.2, -0.15) is 0 Å². The summed E-state index contributed by atoms with van der Waals surface area (Å²) in [6.45, 7) is 4.63. The van der Waals surface area contributed by atoms with Crippen LogP contribution in [0.3, 0.4) is 0 Å². The van der Waals surface area contributed by atoms with Crippen molar-refractivity contribution in [1.29, 1.82) is 0 Å². The van der Waals surface area contributed by atoms with Crippen LogP contribution in [0.1, 0.15) is 17.0 Å². The molecule has 3 aromatic rings. The average molecular weight is 323 g/mol. The van der Waals surface area contributed by atoms with Gasteiger partial charge >= 0.3 is 0 Å². The summed E-state index contributed by atoms with van der Waals surface area (Å²) >= 11 is 0. The minimum Gasteiger partial charge on any atom is -0.372 e. The lowest BCUT2D eigenvalue weighted by Crippen LogP contribution is -2.14. The second-order valence-corrected chi connectivity index (χ2v) is 5.75. The maximum atomic E-state index is 10.4. The van der Waals surface area contributed by atoms with E-state index in [4.69, 9.17) is 4.98 Å². The lowest BCUT2D eigenvalue weighted by molar-refractivity contribution is -0.109. The lowest BCUT2D eigenvalue weighted by Gasteiger charge is -2.08. The summed E-state index contributed by atoms with van der Waals surface area (Å²) in [7, 11) is 1.85. The monoisotopic (exact) mass is 323 g/mol. The third kappa shape index (κ3) is 2.95. The van der Waals surface area contributed by atoms with E-state index in [9.17, 15) is 4.79 Å². The highest BCUT2D eigenvalue weighted by Crippen LogP contribution is 2.29. The van der Waals surface area contributed by atoms with Crippen molar-refractivity contribution in [3.63, 3.8) is 0 Å². The summed E-state index contributed by atoms with van der Waals surface area (Å²) in [6, 6.07) is 8.13. The van der Waals surface area contributed by atoms with Crippen molar-refractivity contribution in [2.75, 3.05) is 18.9 Å². The summed E-state index contributed by atoms with van der Waals surface area (Å²) in [5.41, 5.74) is 6.94. The third-order valence-corrected chi connectivity index (χ3v) is 4.12. The van der Waals surface area contributed by atoms with Gasteiger partial charge in [0.2, 0.25) is 6.41 Å². The van der Waals surface area contributed by atoms with E-state index in [2.05, 4.69) is 33.6 Å². The molecular weight excluding hydrogens is 302 g/mol. The van der Waals surface area contributed by atoms with Crippen molar-refractivity contribution in [3.8, 4) is 11.3 Å². The first kappa shape index (κ1) is 16.0. The van der Waals surface area contributed by atoms with Crippen LogP contribution in [-0.4, -0.2) is 35.0 Å². The number of nitrogens with zero attached hydrogens (tertiary/aromatic N) is 2. The van der Waals surface area contributed by atoms with Gasteiger partial charge in [-0.3, -0.25) is 4.79 Å². The molecule has 0 radical (unpaired) electrons. The molecule has 6 nitrogen and oxygen atoms in total. The number of anilines is 1. The first-order valence-electron chi connectivity index (χ1n) is 7.95. The Morgan fingerprint density at radius 2 is 2.08 bits per heavy atom. The zero-order valence-corrected chi connectivity index (χ0v) is 14.1. The molecule has 0 aliphatic rings. The van der Waals surface area contributed by atoms with E-state index >= 15 is 0 Å². The Balaban J connectivity index is 2.06. The Morgan fingerprint density at radius 3 is 2.83 bits per heavy atom. The molecule has 3 N–H and O–H groups in total. The topological polar surface area (TPSA) is 82.7 Å². The quantitative estimate of drug-likeness (QED) is 0.481. The Morgan fingerprint density at radius 1 is 1.25 bits per heavy atom. The number of aromatic amines is 1. The largest absolute Gasteiger partial charge is 0.372 e. The van der Waals surface area contributed by atoms with Gasteiger partial charge in [-0.05, 0) is 31.5 Å². The van der Waals surface area contributed by atoms with Crippen molar-refractivity contribution < 1.29 is 4.79 Å². The van der Waals surface area contributed by atoms with Crippen LogP contribution in [0.2, 0.25) is 0 Å². The number of hydrogen-bond acceptors (Lipinski definition) is 4. The molecule has 1 amide bonds. The minimum atomic E-state index is 0.614. The van der Waals surface area contributed by atoms with Crippen molar-refractivity contribution >= 4 is 23.3 Å². The Bertz CT molecular complexity index is 884. The zero-order valence-electron chi connectivity index (χ0n) is 14.1.